The summed E-state index contributed by atoms with van der Waals surface area (Å²) in [5, 5.41) is 10.8. The van der Waals surface area contributed by atoms with Crippen LogP contribution in [0, 0.1) is 0 Å². The number of nitrogens with zero attached hydrogens (tertiary/aromatic N) is 1. The lowest BCUT2D eigenvalue weighted by Gasteiger charge is -2.23. The first-order chi connectivity index (χ1) is 11.1. The van der Waals surface area contributed by atoms with Crippen LogP contribution in [-0.4, -0.2) is 28.6 Å². The molecule has 0 bridgehead atoms. The van der Waals surface area contributed by atoms with E-state index < -0.39 is 6.09 Å². The summed E-state index contributed by atoms with van der Waals surface area (Å²) in [6, 6.07) is 17.3. The Labute approximate surface area is 143 Å². The number of hydrogen-bond acceptors (Lipinski definition) is 2. The molecule has 2 aromatic carbocycles. The normalized spacial score (nSPS) is 10.1. The molecule has 0 aromatic heterocycles. The lowest BCUT2D eigenvalue weighted by Crippen LogP contribution is -2.39. The van der Waals surface area contributed by atoms with E-state index >= 15 is 0 Å². The molecule has 0 heterocycles. The zero-order chi connectivity index (χ0) is 16.7. The minimum absolute atomic E-state index is 0.243. The molecule has 2 aromatic rings. The fourth-order valence-electron chi connectivity index (χ4n) is 2.13. The van der Waals surface area contributed by atoms with E-state index in [4.69, 9.17) is 5.11 Å². The van der Waals surface area contributed by atoms with Crippen LogP contribution in [0.5, 0.6) is 0 Å². The molecule has 0 fully saturated rings. The number of rotatable bonds is 6. The molecule has 0 aliphatic heterocycles. The predicted octanol–water partition coefficient (Wildman–Crippen LogP) is 3.25. The maximum atomic E-state index is 12.4. The first-order valence-corrected chi connectivity index (χ1v) is 7.87. The van der Waals surface area contributed by atoms with Crippen molar-refractivity contribution in [2.75, 3.05) is 6.54 Å². The van der Waals surface area contributed by atoms with Crippen LogP contribution in [0.1, 0.15) is 11.1 Å². The van der Waals surface area contributed by atoms with E-state index in [1.165, 1.54) is 0 Å². The molecular weight excluding hydrogens is 360 g/mol. The molecule has 0 aliphatic carbocycles. The van der Waals surface area contributed by atoms with Crippen molar-refractivity contribution < 1.29 is 14.7 Å². The molecule has 0 saturated carbocycles. The summed E-state index contributed by atoms with van der Waals surface area (Å²) in [7, 11) is 0. The molecule has 0 unspecified atom stereocenters. The Balaban J connectivity index is 2.15. The average molecular weight is 377 g/mol. The third-order valence-electron chi connectivity index (χ3n) is 3.28. The quantitative estimate of drug-likeness (QED) is 0.812. The maximum Gasteiger partial charge on any atom is 0.405 e. The van der Waals surface area contributed by atoms with Crippen molar-refractivity contribution in [1.82, 2.24) is 10.2 Å². The maximum absolute atomic E-state index is 12.4. The molecule has 0 radical (unpaired) electrons. The van der Waals surface area contributed by atoms with Gasteiger partial charge >= 0.3 is 6.09 Å². The molecule has 0 atom stereocenters. The van der Waals surface area contributed by atoms with Gasteiger partial charge in [-0.1, -0.05) is 64.5 Å². The van der Waals surface area contributed by atoms with Crippen molar-refractivity contribution in [2.24, 2.45) is 0 Å². The van der Waals surface area contributed by atoms with E-state index in [-0.39, 0.29) is 12.5 Å². The first kappa shape index (κ1) is 17.0. The van der Waals surface area contributed by atoms with Gasteiger partial charge in [0.15, 0.2) is 0 Å². The largest absolute Gasteiger partial charge is 0.465 e. The number of carbonyl (C=O) groups is 2. The van der Waals surface area contributed by atoms with Crippen molar-refractivity contribution in [1.29, 1.82) is 0 Å². The Bertz CT molecular complexity index is 677. The van der Waals surface area contributed by atoms with E-state index in [0.29, 0.717) is 13.1 Å². The lowest BCUT2D eigenvalue weighted by atomic mass is 10.1. The van der Waals surface area contributed by atoms with E-state index in [1.807, 2.05) is 54.6 Å². The van der Waals surface area contributed by atoms with Gasteiger partial charge in [0.1, 0.15) is 6.54 Å². The van der Waals surface area contributed by atoms with Gasteiger partial charge in [-0.15, -0.1) is 0 Å². The second-order valence-corrected chi connectivity index (χ2v) is 5.84. The van der Waals surface area contributed by atoms with E-state index in [9.17, 15) is 9.59 Å². The third kappa shape index (κ3) is 5.41. The van der Waals surface area contributed by atoms with E-state index in [0.717, 1.165) is 15.6 Å². The number of carbonyl (C=O) groups excluding carboxylic acids is 1. The van der Waals surface area contributed by atoms with Crippen LogP contribution in [-0.2, 0) is 17.9 Å². The van der Waals surface area contributed by atoms with E-state index in [1.54, 1.807) is 4.90 Å². The summed E-state index contributed by atoms with van der Waals surface area (Å²) in [6.45, 7) is 0.575. The van der Waals surface area contributed by atoms with Gasteiger partial charge in [0, 0.05) is 17.6 Å². The minimum atomic E-state index is -1.21. The number of hydrogen-bond donors (Lipinski definition) is 2. The zero-order valence-electron chi connectivity index (χ0n) is 12.4. The lowest BCUT2D eigenvalue weighted by molar-refractivity contribution is -0.131. The fourth-order valence-corrected chi connectivity index (χ4v) is 2.54. The minimum Gasteiger partial charge on any atom is -0.465 e. The highest BCUT2D eigenvalue weighted by Crippen LogP contribution is 2.19. The van der Waals surface area contributed by atoms with Gasteiger partial charge in [-0.2, -0.15) is 0 Å². The van der Waals surface area contributed by atoms with Crippen LogP contribution in [0.25, 0.3) is 0 Å². The molecule has 120 valence electrons. The van der Waals surface area contributed by atoms with Crippen molar-refractivity contribution in [3.8, 4) is 0 Å². The summed E-state index contributed by atoms with van der Waals surface area (Å²) in [5.74, 6) is -0.271. The highest BCUT2D eigenvalue weighted by molar-refractivity contribution is 9.10. The number of carboxylic acid groups (broad SMARTS) is 1. The van der Waals surface area contributed by atoms with Crippen molar-refractivity contribution in [3.63, 3.8) is 0 Å². The summed E-state index contributed by atoms with van der Waals surface area (Å²) < 4.78 is 0.914. The van der Waals surface area contributed by atoms with Gasteiger partial charge in [-0.3, -0.25) is 4.79 Å². The summed E-state index contributed by atoms with van der Waals surface area (Å²) in [6.07, 6.45) is -1.21. The zero-order valence-corrected chi connectivity index (χ0v) is 14.0. The van der Waals surface area contributed by atoms with E-state index in [2.05, 4.69) is 21.2 Å². The summed E-state index contributed by atoms with van der Waals surface area (Å²) in [5.41, 5.74) is 1.95. The molecule has 0 saturated heterocycles. The Kier molecular flexibility index (Phi) is 6.17. The Morgan fingerprint density at radius 2 is 1.65 bits per heavy atom. The van der Waals surface area contributed by atoms with Crippen LogP contribution in [0.3, 0.4) is 0 Å². The first-order valence-electron chi connectivity index (χ1n) is 7.08. The number of nitrogens with one attached hydrogen (secondary N) is 1. The van der Waals surface area contributed by atoms with Gasteiger partial charge in [-0.25, -0.2) is 4.79 Å². The molecule has 0 aliphatic rings. The molecule has 6 heteroatoms. The highest BCUT2D eigenvalue weighted by atomic mass is 79.9. The van der Waals surface area contributed by atoms with Gasteiger partial charge in [0.2, 0.25) is 5.91 Å². The highest BCUT2D eigenvalue weighted by Gasteiger charge is 2.16. The third-order valence-corrected chi connectivity index (χ3v) is 4.05. The van der Waals surface area contributed by atoms with Crippen LogP contribution in [0.15, 0.2) is 59.1 Å². The molecule has 2 N–H and O–H groups in total. The summed E-state index contributed by atoms with van der Waals surface area (Å²) in [4.78, 5) is 24.6. The molecule has 23 heavy (non-hydrogen) atoms. The Morgan fingerprint density at radius 3 is 2.30 bits per heavy atom. The molecule has 2 rings (SSSR count). The van der Waals surface area contributed by atoms with Crippen LogP contribution in [0.4, 0.5) is 4.79 Å². The Morgan fingerprint density at radius 1 is 1.00 bits per heavy atom. The average Bonchev–Trinajstić information content (AvgIpc) is 2.55. The van der Waals surface area contributed by atoms with Crippen LogP contribution < -0.4 is 5.32 Å². The van der Waals surface area contributed by atoms with Crippen molar-refractivity contribution in [2.45, 2.75) is 13.1 Å². The van der Waals surface area contributed by atoms with Crippen LogP contribution >= 0.6 is 15.9 Å². The number of amides is 2. The topological polar surface area (TPSA) is 69.6 Å². The van der Waals surface area contributed by atoms with Crippen molar-refractivity contribution >= 4 is 27.9 Å². The second kappa shape index (κ2) is 8.33. The standard InChI is InChI=1S/C17H17BrN2O3/c18-15-9-5-4-8-14(15)12-20(16(21)10-19-17(22)23)11-13-6-2-1-3-7-13/h1-9,19H,10-12H2,(H,22,23). The van der Waals surface area contributed by atoms with Gasteiger partial charge in [0.25, 0.3) is 0 Å². The second-order valence-electron chi connectivity index (χ2n) is 4.99. The molecule has 5 nitrogen and oxygen atoms in total. The SMILES string of the molecule is O=C(O)NCC(=O)N(Cc1ccccc1)Cc1ccccc1Br. The smallest absolute Gasteiger partial charge is 0.405 e. The van der Waals surface area contributed by atoms with Gasteiger partial charge in [0.05, 0.1) is 0 Å². The van der Waals surface area contributed by atoms with Gasteiger partial charge < -0.3 is 15.3 Å². The molecule has 2 amide bonds. The van der Waals surface area contributed by atoms with Crippen molar-refractivity contribution in [3.05, 3.63) is 70.2 Å². The number of halogens is 1. The summed E-state index contributed by atoms with van der Waals surface area (Å²) >= 11 is 3.47. The number of benzene rings is 2. The van der Waals surface area contributed by atoms with Crippen LogP contribution in [0.2, 0.25) is 0 Å². The fraction of sp³-hybridized carbons (Fsp3) is 0.176. The monoisotopic (exact) mass is 376 g/mol. The Hall–Kier alpha value is -2.34. The predicted molar refractivity (Wildman–Crippen MR) is 90.9 cm³/mol. The molecular formula is C17H17BrN2O3. The molecule has 0 spiro atoms. The van der Waals surface area contributed by atoms with Gasteiger partial charge in [-0.05, 0) is 17.2 Å².